The van der Waals surface area contributed by atoms with Crippen LogP contribution in [-0.2, 0) is 17.4 Å². The van der Waals surface area contributed by atoms with Crippen LogP contribution in [0.3, 0.4) is 0 Å². The Hall–Kier alpha value is -2.84. The summed E-state index contributed by atoms with van der Waals surface area (Å²) in [7, 11) is 0. The van der Waals surface area contributed by atoms with Crippen LogP contribution in [0.4, 0.5) is 30.6 Å². The zero-order valence-corrected chi connectivity index (χ0v) is 15.1. The van der Waals surface area contributed by atoms with Crippen molar-refractivity contribution < 1.29 is 23.1 Å². The number of hydrogen-bond donors (Lipinski definition) is 2. The Kier molecular flexibility index (Phi) is 4.40. The fourth-order valence-corrected chi connectivity index (χ4v) is 3.69. The molecule has 4 rings (SSSR count). The molecular weight excluding hydrogens is 373 g/mol. The molecule has 1 aliphatic heterocycles. The van der Waals surface area contributed by atoms with E-state index in [0.717, 1.165) is 23.6 Å². The maximum absolute atomic E-state index is 13.3. The summed E-state index contributed by atoms with van der Waals surface area (Å²) >= 11 is 0. The van der Waals surface area contributed by atoms with Gasteiger partial charge in [0.15, 0.2) is 5.69 Å². The first kappa shape index (κ1) is 18.5. The summed E-state index contributed by atoms with van der Waals surface area (Å²) < 4.78 is 39.8. The van der Waals surface area contributed by atoms with Crippen molar-refractivity contribution in [1.29, 1.82) is 0 Å². The van der Waals surface area contributed by atoms with E-state index in [9.17, 15) is 23.1 Å². The molecule has 1 aliphatic carbocycles. The highest BCUT2D eigenvalue weighted by atomic mass is 19.4. The standard InChI is InChI=1S/C19H19F3N4O2/c1-10-6-7-26(10)18-24-15(19(20,21)22)9-16(25-18)23-12-3-5-13-11(8-12)2-4-14(13)17(27)28/h3,5,8-10,14H,2,4,6-7H2,1H3,(H,27,28)(H,23,24,25)/t10-,14?/m0/s1. The van der Waals surface area contributed by atoms with Gasteiger partial charge in [0.2, 0.25) is 5.95 Å². The number of nitrogens with zero attached hydrogens (tertiary/aromatic N) is 3. The number of carboxylic acid groups (broad SMARTS) is 1. The zero-order valence-electron chi connectivity index (χ0n) is 15.1. The number of hydrogen-bond acceptors (Lipinski definition) is 5. The topological polar surface area (TPSA) is 78.4 Å². The lowest BCUT2D eigenvalue weighted by atomic mass is 10.0. The number of anilines is 3. The highest BCUT2D eigenvalue weighted by molar-refractivity contribution is 5.78. The lowest BCUT2D eigenvalue weighted by molar-refractivity contribution is -0.141. The van der Waals surface area contributed by atoms with Crippen LogP contribution >= 0.6 is 0 Å². The minimum absolute atomic E-state index is 0.0585. The summed E-state index contributed by atoms with van der Waals surface area (Å²) in [4.78, 5) is 21.0. The van der Waals surface area contributed by atoms with Gasteiger partial charge in [-0.15, -0.1) is 0 Å². The number of halogens is 3. The van der Waals surface area contributed by atoms with Gasteiger partial charge in [-0.25, -0.2) is 4.98 Å². The number of aryl methyl sites for hydroxylation is 1. The van der Waals surface area contributed by atoms with Crippen molar-refractivity contribution in [2.45, 2.75) is 44.3 Å². The van der Waals surface area contributed by atoms with Crippen LogP contribution in [0, 0.1) is 0 Å². The largest absolute Gasteiger partial charge is 0.481 e. The highest BCUT2D eigenvalue weighted by Crippen LogP contribution is 2.36. The minimum atomic E-state index is -4.57. The Labute approximate surface area is 159 Å². The van der Waals surface area contributed by atoms with Gasteiger partial charge >= 0.3 is 12.1 Å². The Morgan fingerprint density at radius 2 is 2.04 bits per heavy atom. The van der Waals surface area contributed by atoms with Crippen molar-refractivity contribution in [1.82, 2.24) is 9.97 Å². The highest BCUT2D eigenvalue weighted by Gasteiger charge is 2.36. The molecule has 1 aromatic heterocycles. The van der Waals surface area contributed by atoms with E-state index in [1.54, 1.807) is 23.1 Å². The third-order valence-electron chi connectivity index (χ3n) is 5.37. The zero-order chi connectivity index (χ0) is 20.1. The number of aromatic nitrogens is 2. The molecule has 2 aliphatic rings. The van der Waals surface area contributed by atoms with E-state index in [-0.39, 0.29) is 17.8 Å². The summed E-state index contributed by atoms with van der Waals surface area (Å²) in [5.41, 5.74) is 1.22. The number of benzene rings is 1. The van der Waals surface area contributed by atoms with Crippen LogP contribution in [0.25, 0.3) is 0 Å². The second kappa shape index (κ2) is 6.65. The molecule has 1 fully saturated rings. The normalized spacial score (nSPS) is 21.2. The average Bonchev–Trinajstić information content (AvgIpc) is 3.03. The van der Waals surface area contributed by atoms with Crippen molar-refractivity contribution in [3.05, 3.63) is 41.1 Å². The van der Waals surface area contributed by atoms with Gasteiger partial charge in [-0.05, 0) is 49.4 Å². The first-order valence-corrected chi connectivity index (χ1v) is 9.08. The van der Waals surface area contributed by atoms with Crippen LogP contribution in [0.1, 0.15) is 42.5 Å². The fourth-order valence-electron chi connectivity index (χ4n) is 3.69. The molecule has 148 valence electrons. The van der Waals surface area contributed by atoms with E-state index in [1.807, 2.05) is 6.92 Å². The van der Waals surface area contributed by atoms with Gasteiger partial charge in [0, 0.05) is 24.3 Å². The predicted octanol–water partition coefficient (Wildman–Crippen LogP) is 3.95. The van der Waals surface area contributed by atoms with Gasteiger partial charge in [-0.2, -0.15) is 18.2 Å². The summed E-state index contributed by atoms with van der Waals surface area (Å²) in [5.74, 6) is -1.27. The monoisotopic (exact) mass is 392 g/mol. The van der Waals surface area contributed by atoms with Crippen molar-refractivity contribution in [3.63, 3.8) is 0 Å². The molecule has 2 heterocycles. The Morgan fingerprint density at radius 3 is 2.64 bits per heavy atom. The van der Waals surface area contributed by atoms with Crippen LogP contribution in [0.2, 0.25) is 0 Å². The molecule has 2 N–H and O–H groups in total. The second-order valence-corrected chi connectivity index (χ2v) is 7.24. The molecule has 9 heteroatoms. The van der Waals surface area contributed by atoms with E-state index in [4.69, 9.17) is 0 Å². The second-order valence-electron chi connectivity index (χ2n) is 7.24. The van der Waals surface area contributed by atoms with Gasteiger partial charge < -0.3 is 15.3 Å². The van der Waals surface area contributed by atoms with E-state index in [1.165, 1.54) is 0 Å². The predicted molar refractivity (Wildman–Crippen MR) is 96.9 cm³/mol. The Morgan fingerprint density at radius 1 is 1.25 bits per heavy atom. The summed E-state index contributed by atoms with van der Waals surface area (Å²) in [6.07, 6.45) is -2.54. The molecule has 0 spiro atoms. The molecule has 1 aromatic carbocycles. The SMILES string of the molecule is C[C@H]1CCN1c1nc(Nc2ccc3c(c2)CCC3C(=O)O)cc(C(F)(F)F)n1. The van der Waals surface area contributed by atoms with Crippen molar-refractivity contribution in [2.75, 3.05) is 16.8 Å². The Balaban J connectivity index is 1.64. The van der Waals surface area contributed by atoms with Crippen LogP contribution < -0.4 is 10.2 Å². The number of nitrogens with one attached hydrogen (secondary N) is 1. The van der Waals surface area contributed by atoms with E-state index in [2.05, 4.69) is 15.3 Å². The molecular formula is C19H19F3N4O2. The van der Waals surface area contributed by atoms with E-state index < -0.39 is 23.8 Å². The lowest BCUT2D eigenvalue weighted by Crippen LogP contribution is -2.46. The number of carbonyl (C=O) groups is 1. The van der Waals surface area contributed by atoms with Crippen LogP contribution in [-0.4, -0.2) is 33.6 Å². The quantitative estimate of drug-likeness (QED) is 0.820. The molecule has 6 nitrogen and oxygen atoms in total. The number of aliphatic carboxylic acids is 1. The molecule has 0 bridgehead atoms. The van der Waals surface area contributed by atoms with Gasteiger partial charge in [-0.3, -0.25) is 4.79 Å². The third kappa shape index (κ3) is 3.36. The minimum Gasteiger partial charge on any atom is -0.481 e. The fraction of sp³-hybridized carbons (Fsp3) is 0.421. The molecule has 0 amide bonds. The molecule has 0 saturated carbocycles. The first-order valence-electron chi connectivity index (χ1n) is 9.08. The van der Waals surface area contributed by atoms with Crippen LogP contribution in [0.15, 0.2) is 24.3 Å². The van der Waals surface area contributed by atoms with Gasteiger partial charge in [0.1, 0.15) is 5.82 Å². The number of alkyl halides is 3. The summed E-state index contributed by atoms with van der Waals surface area (Å²) in [6, 6.07) is 6.15. The number of fused-ring (bicyclic) bond motifs is 1. The average molecular weight is 392 g/mol. The maximum atomic E-state index is 13.3. The molecule has 28 heavy (non-hydrogen) atoms. The number of carboxylic acids is 1. The molecule has 2 atom stereocenters. The number of rotatable bonds is 4. The maximum Gasteiger partial charge on any atom is 0.433 e. The van der Waals surface area contributed by atoms with Crippen molar-refractivity contribution >= 4 is 23.4 Å². The van der Waals surface area contributed by atoms with Gasteiger partial charge in [0.05, 0.1) is 5.92 Å². The molecule has 1 saturated heterocycles. The third-order valence-corrected chi connectivity index (χ3v) is 5.37. The summed E-state index contributed by atoms with van der Waals surface area (Å²) in [6.45, 7) is 2.54. The van der Waals surface area contributed by atoms with E-state index in [0.29, 0.717) is 25.1 Å². The van der Waals surface area contributed by atoms with Gasteiger partial charge in [-0.1, -0.05) is 6.07 Å². The van der Waals surface area contributed by atoms with E-state index >= 15 is 0 Å². The Bertz CT molecular complexity index is 932. The molecule has 0 radical (unpaired) electrons. The molecule has 2 aromatic rings. The van der Waals surface area contributed by atoms with Crippen molar-refractivity contribution in [3.8, 4) is 0 Å². The van der Waals surface area contributed by atoms with Crippen LogP contribution in [0.5, 0.6) is 0 Å². The summed E-state index contributed by atoms with van der Waals surface area (Å²) in [5, 5.41) is 12.2. The first-order chi connectivity index (χ1) is 13.2. The van der Waals surface area contributed by atoms with Gasteiger partial charge in [0.25, 0.3) is 0 Å². The smallest absolute Gasteiger partial charge is 0.433 e. The molecule has 1 unspecified atom stereocenters. The van der Waals surface area contributed by atoms with Crippen molar-refractivity contribution in [2.24, 2.45) is 0 Å². The lowest BCUT2D eigenvalue weighted by Gasteiger charge is -2.38.